The van der Waals surface area contributed by atoms with Crippen molar-refractivity contribution in [3.8, 4) is 33.9 Å². The number of benzene rings is 4. The van der Waals surface area contributed by atoms with Gasteiger partial charge in [0.25, 0.3) is 17.0 Å². The summed E-state index contributed by atoms with van der Waals surface area (Å²) in [6.45, 7) is 20.2. The topological polar surface area (TPSA) is 175 Å². The highest BCUT2D eigenvalue weighted by Crippen LogP contribution is 2.37. The van der Waals surface area contributed by atoms with Crippen LogP contribution in [-0.4, -0.2) is 127 Å². The lowest BCUT2D eigenvalue weighted by molar-refractivity contribution is 0.0696. The van der Waals surface area contributed by atoms with E-state index in [1.54, 1.807) is 24.3 Å². The highest BCUT2D eigenvalue weighted by atomic mass is 19.1. The summed E-state index contributed by atoms with van der Waals surface area (Å²) in [7, 11) is 0. The maximum Gasteiger partial charge on any atom is 0.335 e. The SMILES string of the molecule is Cc1ccc(C(=O)NCC(C)C)cc1-c1nc(N2CCC(N3CCC(C)CC3)CC2)nc2c1ccc(=O)n2-c1c(F)cccc1F.Cc1ccc(C(=O)O)cc1-c1nc(N2CCC(N3CCC(C)CC3)CC2)nc2c1ccc(=O)n2-c1c(F)cccc1F. The fraction of sp³-hybridized carbons (Fsp3) is 0.412. The number of hydrogen-bond acceptors (Lipinski definition) is 12. The Hall–Kier alpha value is -8.36. The van der Waals surface area contributed by atoms with E-state index in [0.29, 0.717) is 101 Å². The molecule has 20 heteroatoms. The molecule has 4 fully saturated rings. The quantitative estimate of drug-likeness (QED) is 0.111. The van der Waals surface area contributed by atoms with E-state index in [-0.39, 0.29) is 22.8 Å². The van der Waals surface area contributed by atoms with Gasteiger partial charge >= 0.3 is 5.97 Å². The van der Waals surface area contributed by atoms with Crippen LogP contribution in [0.5, 0.6) is 0 Å². The Balaban J connectivity index is 0.000000183. The van der Waals surface area contributed by atoms with Gasteiger partial charge in [0.05, 0.1) is 17.0 Å². The molecule has 0 unspecified atom stereocenters. The van der Waals surface area contributed by atoms with Crippen LogP contribution in [0.4, 0.5) is 29.5 Å². The summed E-state index contributed by atoms with van der Waals surface area (Å²) in [5, 5.41) is 13.5. The number of carbonyl (C=O) groups excluding carboxylic acids is 1. The molecule has 460 valence electrons. The van der Waals surface area contributed by atoms with Crippen molar-refractivity contribution in [1.29, 1.82) is 0 Å². The van der Waals surface area contributed by atoms with Gasteiger partial charge in [0.1, 0.15) is 34.6 Å². The lowest BCUT2D eigenvalue weighted by Gasteiger charge is -2.41. The van der Waals surface area contributed by atoms with E-state index in [4.69, 9.17) is 19.9 Å². The third-order valence-electron chi connectivity index (χ3n) is 18.1. The Morgan fingerprint density at radius 1 is 0.534 bits per heavy atom. The van der Waals surface area contributed by atoms with Gasteiger partial charge in [-0.3, -0.25) is 23.5 Å². The maximum absolute atomic E-state index is 15.2. The number of rotatable bonds is 12. The summed E-state index contributed by atoms with van der Waals surface area (Å²) in [6.07, 6.45) is 8.57. The Labute approximate surface area is 508 Å². The molecule has 12 rings (SSSR count). The minimum atomic E-state index is -1.09. The first-order chi connectivity index (χ1) is 42.3. The van der Waals surface area contributed by atoms with Crippen molar-refractivity contribution < 1.29 is 32.3 Å². The number of nitrogens with one attached hydrogen (secondary N) is 1. The number of aromatic nitrogens is 6. The number of aromatic carboxylic acids is 1. The molecule has 8 heterocycles. The number of hydrogen-bond donors (Lipinski definition) is 2. The van der Waals surface area contributed by atoms with Gasteiger partial charge in [0.15, 0.2) is 11.3 Å². The van der Waals surface area contributed by atoms with Crippen molar-refractivity contribution in [3.63, 3.8) is 0 Å². The molecule has 0 bridgehead atoms. The molecule has 2 N–H and O–H groups in total. The van der Waals surface area contributed by atoms with E-state index >= 15 is 17.6 Å². The van der Waals surface area contributed by atoms with Crippen molar-refractivity contribution in [2.24, 2.45) is 17.8 Å². The van der Waals surface area contributed by atoms with Crippen LogP contribution in [0.3, 0.4) is 0 Å². The lowest BCUT2D eigenvalue weighted by Crippen LogP contribution is -2.48. The average molecular weight is 1200 g/mol. The summed E-state index contributed by atoms with van der Waals surface area (Å²) in [5.74, 6) is -2.28. The first-order valence-electron chi connectivity index (χ1n) is 30.8. The molecule has 0 radical (unpaired) electrons. The minimum Gasteiger partial charge on any atom is -0.478 e. The molecule has 88 heavy (non-hydrogen) atoms. The van der Waals surface area contributed by atoms with Crippen LogP contribution in [0.25, 0.3) is 56.0 Å². The number of pyridine rings is 2. The number of amides is 1. The van der Waals surface area contributed by atoms with Crippen LogP contribution in [-0.2, 0) is 0 Å². The second kappa shape index (κ2) is 26.1. The lowest BCUT2D eigenvalue weighted by atomic mass is 9.95. The van der Waals surface area contributed by atoms with Crippen molar-refractivity contribution in [2.75, 3.05) is 68.7 Å². The molecule has 16 nitrogen and oxygen atoms in total. The van der Waals surface area contributed by atoms with Gasteiger partial charge in [-0.2, -0.15) is 9.97 Å². The molecule has 4 aliphatic heterocycles. The Morgan fingerprint density at radius 3 is 1.31 bits per heavy atom. The zero-order valence-corrected chi connectivity index (χ0v) is 50.7. The van der Waals surface area contributed by atoms with Gasteiger partial charge < -0.3 is 30.0 Å². The minimum absolute atomic E-state index is 0.0544. The van der Waals surface area contributed by atoms with Gasteiger partial charge in [0, 0.05) is 84.4 Å². The van der Waals surface area contributed by atoms with Crippen molar-refractivity contribution in [2.45, 2.75) is 105 Å². The number of anilines is 2. The average Bonchev–Trinajstić information content (AvgIpc) is 1.11. The van der Waals surface area contributed by atoms with E-state index in [0.717, 1.165) is 108 Å². The van der Waals surface area contributed by atoms with Gasteiger partial charge in [0.2, 0.25) is 11.9 Å². The van der Waals surface area contributed by atoms with Crippen LogP contribution in [0.15, 0.2) is 107 Å². The Morgan fingerprint density at radius 2 is 0.920 bits per heavy atom. The molecular formula is C68H75F4N11O5. The Bertz CT molecular complexity index is 4010. The van der Waals surface area contributed by atoms with Gasteiger partial charge in [-0.1, -0.05) is 52.0 Å². The van der Waals surface area contributed by atoms with Gasteiger partial charge in [-0.25, -0.2) is 32.3 Å². The monoisotopic (exact) mass is 1200 g/mol. The third kappa shape index (κ3) is 12.8. The number of nitrogens with zero attached hydrogens (tertiary/aromatic N) is 10. The number of fused-ring (bicyclic) bond motifs is 2. The van der Waals surface area contributed by atoms with Gasteiger partial charge in [-0.15, -0.1) is 0 Å². The summed E-state index contributed by atoms with van der Waals surface area (Å²) in [4.78, 5) is 80.3. The standard InChI is InChI=1S/C36H42F2N6O2.C32H33F2N5O3/c1-22(2)21-39-35(46)25-9-8-24(4)28(20-25)32-27-10-11-31(45)44(33-29(37)6-5-7-30(33)38)34(27)41-36(40-32)43-18-14-26(15-19-43)42-16-12-23(3)13-17-42;1-19-10-14-37(15-11-19)22-12-16-38(17-13-22)32-35-28(24-18-21(31(41)42)7-6-20(24)2)23-8-9-27(40)39(30(23)36-32)29-25(33)4-3-5-26(29)34/h5-11,20,22-23,26H,12-19,21H2,1-4H3,(H,39,46);3-9,18-19,22H,10-17H2,1-2H3,(H,41,42). The molecule has 0 saturated carbocycles. The predicted octanol–water partition coefficient (Wildman–Crippen LogP) is 11.6. The number of carboxylic acids is 1. The summed E-state index contributed by atoms with van der Waals surface area (Å²) < 4.78 is 62.5. The number of carboxylic acid groups (broad SMARTS) is 1. The van der Waals surface area contributed by atoms with Crippen molar-refractivity contribution >= 4 is 45.8 Å². The molecule has 4 aliphatic rings. The molecule has 8 aromatic rings. The highest BCUT2D eigenvalue weighted by Gasteiger charge is 2.32. The fourth-order valence-corrected chi connectivity index (χ4v) is 12.8. The fourth-order valence-electron chi connectivity index (χ4n) is 12.8. The van der Waals surface area contributed by atoms with E-state index in [9.17, 15) is 24.3 Å². The molecule has 0 spiro atoms. The summed E-state index contributed by atoms with van der Waals surface area (Å²) in [5.41, 5.74) is 2.20. The number of para-hydroxylation sites is 2. The second-order valence-corrected chi connectivity index (χ2v) is 24.7. The summed E-state index contributed by atoms with van der Waals surface area (Å²) >= 11 is 0. The predicted molar refractivity (Wildman–Crippen MR) is 335 cm³/mol. The van der Waals surface area contributed by atoms with E-state index < -0.39 is 51.7 Å². The number of aryl methyl sites for hydroxylation is 2. The molecule has 4 aromatic heterocycles. The number of piperidine rings is 4. The zero-order valence-electron chi connectivity index (χ0n) is 50.7. The van der Waals surface area contributed by atoms with Crippen LogP contribution in [0, 0.1) is 54.9 Å². The summed E-state index contributed by atoms with van der Waals surface area (Å²) in [6, 6.07) is 23.7. The smallest absolute Gasteiger partial charge is 0.335 e. The molecule has 1 amide bonds. The van der Waals surface area contributed by atoms with Crippen molar-refractivity contribution in [3.05, 3.63) is 163 Å². The van der Waals surface area contributed by atoms with E-state index in [1.165, 1.54) is 68.1 Å². The third-order valence-corrected chi connectivity index (χ3v) is 18.1. The van der Waals surface area contributed by atoms with E-state index in [1.807, 2.05) is 38.7 Å². The Kier molecular flexibility index (Phi) is 18.2. The second-order valence-electron chi connectivity index (χ2n) is 24.7. The maximum atomic E-state index is 15.2. The number of halogens is 4. The number of carbonyl (C=O) groups is 2. The van der Waals surface area contributed by atoms with Gasteiger partial charge in [-0.05, 0) is 181 Å². The van der Waals surface area contributed by atoms with E-state index in [2.05, 4.69) is 33.9 Å². The first-order valence-corrected chi connectivity index (χ1v) is 30.8. The van der Waals surface area contributed by atoms with Crippen molar-refractivity contribution in [1.82, 2.24) is 44.2 Å². The first kappa shape index (κ1) is 61.3. The van der Waals surface area contributed by atoms with Crippen LogP contribution < -0.4 is 26.2 Å². The zero-order chi connectivity index (χ0) is 62.1. The molecule has 0 atom stereocenters. The largest absolute Gasteiger partial charge is 0.478 e. The van der Waals surface area contributed by atoms with Crippen LogP contribution in [0.1, 0.15) is 111 Å². The molecule has 4 saturated heterocycles. The number of likely N-dealkylation sites (tertiary alicyclic amines) is 2. The van der Waals surface area contributed by atoms with Crippen LogP contribution in [0.2, 0.25) is 0 Å². The molecular weight excluding hydrogens is 1130 g/mol. The molecule has 4 aromatic carbocycles. The normalized spacial score (nSPS) is 17.0. The highest BCUT2D eigenvalue weighted by molar-refractivity contribution is 5.99. The van der Waals surface area contributed by atoms with Crippen LogP contribution >= 0.6 is 0 Å². The molecule has 0 aliphatic carbocycles.